The van der Waals surface area contributed by atoms with Crippen molar-refractivity contribution in [1.29, 1.82) is 0 Å². The number of hydrogen-bond acceptors (Lipinski definition) is 4. The number of ether oxygens (including phenoxy) is 1. The van der Waals surface area contributed by atoms with E-state index in [0.29, 0.717) is 0 Å². The molecule has 0 fully saturated rings. The van der Waals surface area contributed by atoms with E-state index in [1.54, 1.807) is 0 Å². The summed E-state index contributed by atoms with van der Waals surface area (Å²) in [6.07, 6.45) is 7.44. The maximum Gasteiger partial charge on any atom is 0.0685 e. The zero-order valence-electron chi connectivity index (χ0n) is 15.0. The molecule has 0 aliphatic carbocycles. The highest BCUT2D eigenvalue weighted by molar-refractivity contribution is 5.26. The Kier molecular flexibility index (Phi) is 9.86. The summed E-state index contributed by atoms with van der Waals surface area (Å²) in [5.74, 6) is 0. The van der Waals surface area contributed by atoms with E-state index < -0.39 is 0 Å². The van der Waals surface area contributed by atoms with Gasteiger partial charge in [0, 0.05) is 31.5 Å². The lowest BCUT2D eigenvalue weighted by molar-refractivity contribution is 0.132. The Morgan fingerprint density at radius 1 is 0.880 bits per heavy atom. The Morgan fingerprint density at radius 2 is 1.68 bits per heavy atom. The predicted molar refractivity (Wildman–Crippen MR) is 101 cm³/mol. The van der Waals surface area contributed by atoms with Crippen LogP contribution in [0.2, 0.25) is 0 Å². The van der Waals surface area contributed by atoms with Gasteiger partial charge in [0.05, 0.1) is 13.2 Å². The summed E-state index contributed by atoms with van der Waals surface area (Å²) in [5.41, 5.74) is 3.29. The highest BCUT2D eigenvalue weighted by atomic mass is 16.5. The van der Waals surface area contributed by atoms with Gasteiger partial charge in [-0.2, -0.15) is 0 Å². The van der Waals surface area contributed by atoms with E-state index in [2.05, 4.69) is 16.4 Å². The molecule has 1 aromatic carbocycles. The van der Waals surface area contributed by atoms with Gasteiger partial charge in [0.25, 0.3) is 0 Å². The van der Waals surface area contributed by atoms with E-state index in [0.717, 1.165) is 50.4 Å². The normalized spacial score (nSPS) is 10.9. The quantitative estimate of drug-likeness (QED) is 0.547. The van der Waals surface area contributed by atoms with E-state index in [-0.39, 0.29) is 6.61 Å². The van der Waals surface area contributed by atoms with Crippen molar-refractivity contribution in [3.63, 3.8) is 0 Å². The molecule has 0 atom stereocenters. The van der Waals surface area contributed by atoms with Crippen LogP contribution in [-0.2, 0) is 24.3 Å². The molecule has 4 nitrogen and oxygen atoms in total. The Labute approximate surface area is 151 Å². The van der Waals surface area contributed by atoms with E-state index in [4.69, 9.17) is 4.74 Å². The van der Waals surface area contributed by atoms with Crippen LogP contribution in [0.25, 0.3) is 0 Å². The average molecular weight is 342 g/mol. The number of unbranched alkanes of at least 4 members (excludes halogenated alkanes) is 3. The summed E-state index contributed by atoms with van der Waals surface area (Å²) in [4.78, 5) is 4.29. The van der Waals surface area contributed by atoms with Gasteiger partial charge in [-0.1, -0.05) is 43.2 Å². The van der Waals surface area contributed by atoms with E-state index in [9.17, 15) is 5.11 Å². The lowest BCUT2D eigenvalue weighted by atomic mass is 10.1. The molecule has 0 aliphatic heterocycles. The first-order valence-electron chi connectivity index (χ1n) is 9.26. The molecule has 2 rings (SSSR count). The lowest BCUT2D eigenvalue weighted by Gasteiger charge is -2.09. The predicted octanol–water partition coefficient (Wildman–Crippen LogP) is 3.48. The minimum Gasteiger partial charge on any atom is -0.392 e. The van der Waals surface area contributed by atoms with Crippen molar-refractivity contribution >= 4 is 0 Å². The van der Waals surface area contributed by atoms with Crippen LogP contribution in [0.5, 0.6) is 0 Å². The molecule has 0 saturated heterocycles. The molecular formula is C21H30N2O2. The second kappa shape index (κ2) is 12.6. The molecule has 2 N–H and O–H groups in total. The fraction of sp³-hybridized carbons (Fsp3) is 0.476. The number of aliphatic hydroxyl groups is 1. The molecule has 136 valence electrons. The van der Waals surface area contributed by atoms with Crippen LogP contribution in [0.3, 0.4) is 0 Å². The highest BCUT2D eigenvalue weighted by Crippen LogP contribution is 2.08. The van der Waals surface area contributed by atoms with E-state index in [1.807, 2.05) is 42.6 Å². The summed E-state index contributed by atoms with van der Waals surface area (Å²) in [7, 11) is 0. The topological polar surface area (TPSA) is 54.4 Å². The van der Waals surface area contributed by atoms with Gasteiger partial charge in [0.1, 0.15) is 0 Å². The van der Waals surface area contributed by atoms with Crippen molar-refractivity contribution in [3.05, 3.63) is 65.5 Å². The number of aliphatic hydroxyl groups excluding tert-OH is 1. The van der Waals surface area contributed by atoms with Gasteiger partial charge in [0.2, 0.25) is 0 Å². The summed E-state index contributed by atoms with van der Waals surface area (Å²) in [5, 5.41) is 12.8. The second-order valence-electron chi connectivity index (χ2n) is 6.20. The first-order valence-corrected chi connectivity index (χ1v) is 9.26. The van der Waals surface area contributed by atoms with Crippen LogP contribution in [-0.4, -0.2) is 29.8 Å². The maximum atomic E-state index is 9.30. The molecule has 2 aromatic rings. The minimum atomic E-state index is 0.109. The monoisotopic (exact) mass is 342 g/mol. The molecule has 0 unspecified atom stereocenters. The molecule has 1 heterocycles. The number of rotatable bonds is 13. The molecule has 0 saturated carbocycles. The standard InChI is InChI=1S/C21H30N2O2/c24-18-20-10-4-3-9-19(20)17-22-13-6-1-2-8-15-25-16-12-21-11-5-7-14-23-21/h3-5,7,9-11,14,22,24H,1-2,6,8,12-13,15-18H2. The number of nitrogens with zero attached hydrogens (tertiary/aromatic N) is 1. The molecule has 4 heteroatoms. The number of hydrogen-bond donors (Lipinski definition) is 2. The first kappa shape index (κ1) is 19.6. The second-order valence-corrected chi connectivity index (χ2v) is 6.20. The zero-order valence-corrected chi connectivity index (χ0v) is 15.0. The Balaban J connectivity index is 1.40. The van der Waals surface area contributed by atoms with Gasteiger partial charge < -0.3 is 15.2 Å². The summed E-state index contributed by atoms with van der Waals surface area (Å²) >= 11 is 0. The van der Waals surface area contributed by atoms with Crippen molar-refractivity contribution in [3.8, 4) is 0 Å². The number of benzene rings is 1. The van der Waals surface area contributed by atoms with Crippen LogP contribution in [0, 0.1) is 0 Å². The average Bonchev–Trinajstić information content (AvgIpc) is 2.67. The first-order chi connectivity index (χ1) is 12.4. The highest BCUT2D eigenvalue weighted by Gasteiger charge is 1.99. The molecule has 0 aliphatic rings. The SMILES string of the molecule is OCc1ccccc1CNCCCCCCOCCc1ccccn1. The minimum absolute atomic E-state index is 0.109. The molecular weight excluding hydrogens is 312 g/mol. The molecule has 1 aromatic heterocycles. The third-order valence-corrected chi connectivity index (χ3v) is 4.23. The third kappa shape index (κ3) is 8.25. The number of nitrogens with one attached hydrogen (secondary N) is 1. The van der Waals surface area contributed by atoms with Crippen molar-refractivity contribution in [1.82, 2.24) is 10.3 Å². The maximum absolute atomic E-state index is 9.30. The molecule has 0 bridgehead atoms. The van der Waals surface area contributed by atoms with E-state index >= 15 is 0 Å². The van der Waals surface area contributed by atoms with Crippen molar-refractivity contribution < 1.29 is 9.84 Å². The van der Waals surface area contributed by atoms with Gasteiger partial charge in [-0.15, -0.1) is 0 Å². The smallest absolute Gasteiger partial charge is 0.0685 e. The van der Waals surface area contributed by atoms with Crippen LogP contribution in [0.15, 0.2) is 48.7 Å². The lowest BCUT2D eigenvalue weighted by Crippen LogP contribution is -2.15. The fourth-order valence-electron chi connectivity index (χ4n) is 2.74. The Morgan fingerprint density at radius 3 is 2.48 bits per heavy atom. The summed E-state index contributed by atoms with van der Waals surface area (Å²) in [6.45, 7) is 3.54. The third-order valence-electron chi connectivity index (χ3n) is 4.23. The largest absolute Gasteiger partial charge is 0.392 e. The molecule has 0 radical (unpaired) electrons. The Hall–Kier alpha value is -1.75. The van der Waals surface area contributed by atoms with Crippen LogP contribution < -0.4 is 5.32 Å². The van der Waals surface area contributed by atoms with Crippen molar-refractivity contribution in [2.75, 3.05) is 19.8 Å². The molecule has 25 heavy (non-hydrogen) atoms. The van der Waals surface area contributed by atoms with Crippen LogP contribution >= 0.6 is 0 Å². The number of aromatic nitrogens is 1. The molecule has 0 spiro atoms. The summed E-state index contributed by atoms with van der Waals surface area (Å²) in [6, 6.07) is 14.0. The van der Waals surface area contributed by atoms with Crippen LogP contribution in [0.4, 0.5) is 0 Å². The van der Waals surface area contributed by atoms with Gasteiger partial charge in [-0.3, -0.25) is 4.98 Å². The van der Waals surface area contributed by atoms with Crippen LogP contribution in [0.1, 0.15) is 42.5 Å². The fourth-order valence-corrected chi connectivity index (χ4v) is 2.74. The van der Waals surface area contributed by atoms with Gasteiger partial charge in [-0.05, 0) is 42.6 Å². The van der Waals surface area contributed by atoms with Gasteiger partial charge in [-0.25, -0.2) is 0 Å². The van der Waals surface area contributed by atoms with E-state index in [1.165, 1.54) is 24.8 Å². The van der Waals surface area contributed by atoms with Crippen molar-refractivity contribution in [2.24, 2.45) is 0 Å². The zero-order chi connectivity index (χ0) is 17.6. The molecule has 0 amide bonds. The van der Waals surface area contributed by atoms with Crippen molar-refractivity contribution in [2.45, 2.75) is 45.3 Å². The number of pyridine rings is 1. The summed E-state index contributed by atoms with van der Waals surface area (Å²) < 4.78 is 5.67. The Bertz CT molecular complexity index is 575. The van der Waals surface area contributed by atoms with Gasteiger partial charge >= 0.3 is 0 Å². The van der Waals surface area contributed by atoms with Gasteiger partial charge in [0.15, 0.2) is 0 Å².